The molecule has 0 aliphatic rings. The molecule has 5 heteroatoms. The van der Waals surface area contributed by atoms with Crippen LogP contribution in [0.1, 0.15) is 28.0 Å². The van der Waals surface area contributed by atoms with Crippen LogP contribution in [0.4, 0.5) is 0 Å². The number of para-hydroxylation sites is 1. The standard InChI is InChI=1S/C23H22N4O/c28-23(21-12-4-10-19-11-5-13-25-22(19)21)27(16-20-15-24-17-26-20)14-6-9-18-7-2-1-3-8-18/h1-5,7-8,10-13,15,17H,6,9,14,16H2,(H,24,26). The normalized spacial score (nSPS) is 10.9. The lowest BCUT2D eigenvalue weighted by atomic mass is 10.1. The van der Waals surface area contributed by atoms with Crippen LogP contribution in [0.25, 0.3) is 10.9 Å². The number of hydrogen-bond donors (Lipinski definition) is 1. The molecule has 4 rings (SSSR count). The molecule has 5 nitrogen and oxygen atoms in total. The molecule has 1 N–H and O–H groups in total. The van der Waals surface area contributed by atoms with Gasteiger partial charge in [0.25, 0.3) is 5.91 Å². The summed E-state index contributed by atoms with van der Waals surface area (Å²) >= 11 is 0. The number of aromatic amines is 1. The lowest BCUT2D eigenvalue weighted by molar-refractivity contribution is 0.0741. The number of rotatable bonds is 7. The second-order valence-corrected chi connectivity index (χ2v) is 6.77. The van der Waals surface area contributed by atoms with Crippen LogP contribution < -0.4 is 0 Å². The summed E-state index contributed by atoms with van der Waals surface area (Å²) < 4.78 is 0. The molecular weight excluding hydrogens is 348 g/mol. The first-order valence-corrected chi connectivity index (χ1v) is 9.45. The van der Waals surface area contributed by atoms with Crippen molar-refractivity contribution in [1.29, 1.82) is 0 Å². The van der Waals surface area contributed by atoms with Crippen molar-refractivity contribution in [3.05, 3.63) is 96.2 Å². The number of aryl methyl sites for hydroxylation is 1. The lowest BCUT2D eigenvalue weighted by Crippen LogP contribution is -2.32. The molecule has 140 valence electrons. The maximum Gasteiger partial charge on any atom is 0.256 e. The van der Waals surface area contributed by atoms with E-state index in [-0.39, 0.29) is 5.91 Å². The fraction of sp³-hybridized carbons (Fsp3) is 0.174. The molecule has 0 atom stereocenters. The van der Waals surface area contributed by atoms with Gasteiger partial charge in [-0.3, -0.25) is 9.78 Å². The van der Waals surface area contributed by atoms with E-state index >= 15 is 0 Å². The van der Waals surface area contributed by atoms with Crippen molar-refractivity contribution in [2.45, 2.75) is 19.4 Å². The summed E-state index contributed by atoms with van der Waals surface area (Å²) in [6.45, 7) is 1.16. The summed E-state index contributed by atoms with van der Waals surface area (Å²) in [6, 6.07) is 20.0. The molecule has 0 spiro atoms. The van der Waals surface area contributed by atoms with E-state index in [4.69, 9.17) is 0 Å². The Morgan fingerprint density at radius 3 is 2.68 bits per heavy atom. The highest BCUT2D eigenvalue weighted by Crippen LogP contribution is 2.19. The number of nitrogens with one attached hydrogen (secondary N) is 1. The summed E-state index contributed by atoms with van der Waals surface area (Å²) in [6.07, 6.45) is 6.96. The minimum atomic E-state index is -0.00744. The zero-order valence-electron chi connectivity index (χ0n) is 15.6. The number of nitrogens with zero attached hydrogens (tertiary/aromatic N) is 3. The fourth-order valence-electron chi connectivity index (χ4n) is 3.40. The van der Waals surface area contributed by atoms with Crippen LogP contribution in [0, 0.1) is 0 Å². The van der Waals surface area contributed by atoms with Crippen LogP contribution in [-0.2, 0) is 13.0 Å². The highest BCUT2D eigenvalue weighted by Gasteiger charge is 2.19. The van der Waals surface area contributed by atoms with Gasteiger partial charge in [-0.25, -0.2) is 4.98 Å². The van der Waals surface area contributed by atoms with E-state index in [0.717, 1.165) is 29.4 Å². The SMILES string of the molecule is O=C(c1cccc2cccnc12)N(CCCc1ccccc1)Cc1cnc[nH]1. The van der Waals surface area contributed by atoms with Crippen LogP contribution in [0.15, 0.2) is 79.4 Å². The van der Waals surface area contributed by atoms with Crippen molar-refractivity contribution in [2.75, 3.05) is 6.54 Å². The number of H-pyrrole nitrogens is 1. The Balaban J connectivity index is 1.56. The molecule has 1 amide bonds. The van der Waals surface area contributed by atoms with Gasteiger partial charge in [-0.1, -0.05) is 48.5 Å². The van der Waals surface area contributed by atoms with Crippen LogP contribution in [-0.4, -0.2) is 32.3 Å². The molecule has 0 aliphatic carbocycles. The van der Waals surface area contributed by atoms with Crippen molar-refractivity contribution < 1.29 is 4.79 Å². The zero-order valence-corrected chi connectivity index (χ0v) is 15.6. The zero-order chi connectivity index (χ0) is 19.2. The van der Waals surface area contributed by atoms with Crippen LogP contribution in [0.3, 0.4) is 0 Å². The van der Waals surface area contributed by atoms with E-state index in [1.807, 2.05) is 53.4 Å². The molecule has 0 saturated heterocycles. The third-order valence-electron chi connectivity index (χ3n) is 4.80. The molecule has 2 aromatic heterocycles. The van der Waals surface area contributed by atoms with E-state index in [1.54, 1.807) is 18.7 Å². The van der Waals surface area contributed by atoms with Crippen molar-refractivity contribution in [2.24, 2.45) is 0 Å². The monoisotopic (exact) mass is 370 g/mol. The predicted molar refractivity (Wildman–Crippen MR) is 110 cm³/mol. The minimum absolute atomic E-state index is 0.00744. The van der Waals surface area contributed by atoms with Gasteiger partial charge in [-0.2, -0.15) is 0 Å². The maximum absolute atomic E-state index is 13.4. The summed E-state index contributed by atoms with van der Waals surface area (Å²) in [5.41, 5.74) is 3.58. The van der Waals surface area contributed by atoms with Gasteiger partial charge in [-0.15, -0.1) is 0 Å². The average Bonchev–Trinajstić information content (AvgIpc) is 3.26. The summed E-state index contributed by atoms with van der Waals surface area (Å²) in [5.74, 6) is -0.00744. The smallest absolute Gasteiger partial charge is 0.256 e. The molecule has 2 aromatic carbocycles. The van der Waals surface area contributed by atoms with Gasteiger partial charge in [-0.05, 0) is 30.5 Å². The molecule has 4 aromatic rings. The minimum Gasteiger partial charge on any atom is -0.347 e. The van der Waals surface area contributed by atoms with E-state index in [2.05, 4.69) is 27.1 Å². The van der Waals surface area contributed by atoms with Gasteiger partial charge in [0.1, 0.15) is 0 Å². The number of benzene rings is 2. The molecule has 2 heterocycles. The number of fused-ring (bicyclic) bond motifs is 1. The number of pyridine rings is 1. The van der Waals surface area contributed by atoms with Crippen LogP contribution in [0.5, 0.6) is 0 Å². The Kier molecular flexibility index (Phi) is 5.43. The van der Waals surface area contributed by atoms with Gasteiger partial charge in [0.2, 0.25) is 0 Å². The van der Waals surface area contributed by atoms with Crippen molar-refractivity contribution in [3.8, 4) is 0 Å². The molecular formula is C23H22N4O. The second kappa shape index (κ2) is 8.48. The van der Waals surface area contributed by atoms with E-state index in [1.165, 1.54) is 5.56 Å². The Hall–Kier alpha value is -3.47. The Labute approximate surface area is 164 Å². The van der Waals surface area contributed by atoms with Crippen LogP contribution in [0.2, 0.25) is 0 Å². The second-order valence-electron chi connectivity index (χ2n) is 6.77. The van der Waals surface area contributed by atoms with Gasteiger partial charge < -0.3 is 9.88 Å². The van der Waals surface area contributed by atoms with Gasteiger partial charge in [0.05, 0.1) is 29.6 Å². The van der Waals surface area contributed by atoms with Crippen molar-refractivity contribution in [3.63, 3.8) is 0 Å². The van der Waals surface area contributed by atoms with E-state index in [9.17, 15) is 4.79 Å². The predicted octanol–water partition coefficient (Wildman–Crippen LogP) is 4.23. The molecule has 0 saturated carbocycles. The fourth-order valence-corrected chi connectivity index (χ4v) is 3.40. The Bertz CT molecular complexity index is 1040. The third kappa shape index (κ3) is 4.09. The van der Waals surface area contributed by atoms with Crippen molar-refractivity contribution >= 4 is 16.8 Å². The van der Waals surface area contributed by atoms with Gasteiger partial charge in [0, 0.05) is 24.3 Å². The highest BCUT2D eigenvalue weighted by atomic mass is 16.2. The average molecular weight is 370 g/mol. The first-order chi connectivity index (χ1) is 13.8. The molecule has 0 radical (unpaired) electrons. The molecule has 0 fully saturated rings. The van der Waals surface area contributed by atoms with E-state index in [0.29, 0.717) is 18.7 Å². The molecule has 0 unspecified atom stereocenters. The molecule has 0 aliphatic heterocycles. The number of carbonyl (C=O) groups is 1. The number of aromatic nitrogens is 3. The first-order valence-electron chi connectivity index (χ1n) is 9.45. The topological polar surface area (TPSA) is 61.9 Å². The number of amides is 1. The summed E-state index contributed by atoms with van der Waals surface area (Å²) in [7, 11) is 0. The number of carbonyl (C=O) groups excluding carboxylic acids is 1. The number of imidazole rings is 1. The van der Waals surface area contributed by atoms with Gasteiger partial charge in [0.15, 0.2) is 0 Å². The molecule has 28 heavy (non-hydrogen) atoms. The first kappa shape index (κ1) is 17.9. The summed E-state index contributed by atoms with van der Waals surface area (Å²) in [4.78, 5) is 26.9. The Morgan fingerprint density at radius 1 is 1.00 bits per heavy atom. The number of hydrogen-bond acceptors (Lipinski definition) is 3. The molecule has 0 bridgehead atoms. The maximum atomic E-state index is 13.4. The van der Waals surface area contributed by atoms with E-state index < -0.39 is 0 Å². The summed E-state index contributed by atoms with van der Waals surface area (Å²) in [5, 5.41) is 0.971. The largest absolute Gasteiger partial charge is 0.347 e. The highest BCUT2D eigenvalue weighted by molar-refractivity contribution is 6.05. The van der Waals surface area contributed by atoms with Crippen LogP contribution >= 0.6 is 0 Å². The third-order valence-corrected chi connectivity index (χ3v) is 4.80. The Morgan fingerprint density at radius 2 is 1.86 bits per heavy atom. The van der Waals surface area contributed by atoms with Crippen molar-refractivity contribution in [1.82, 2.24) is 19.9 Å². The lowest BCUT2D eigenvalue weighted by Gasteiger charge is -2.23. The van der Waals surface area contributed by atoms with Gasteiger partial charge >= 0.3 is 0 Å². The quantitative estimate of drug-likeness (QED) is 0.529.